The summed E-state index contributed by atoms with van der Waals surface area (Å²) in [7, 11) is 0. The number of nitrogens with one attached hydrogen (secondary N) is 2. The zero-order valence-corrected chi connectivity index (χ0v) is 19.5. The van der Waals surface area contributed by atoms with Crippen LogP contribution in [-0.4, -0.2) is 35.5 Å². The Morgan fingerprint density at radius 1 is 1.03 bits per heavy atom. The van der Waals surface area contributed by atoms with Crippen LogP contribution in [0.3, 0.4) is 0 Å². The van der Waals surface area contributed by atoms with Gasteiger partial charge in [-0.1, -0.05) is 30.3 Å². The lowest BCUT2D eigenvalue weighted by Crippen LogP contribution is -2.18. The van der Waals surface area contributed by atoms with Gasteiger partial charge in [0.05, 0.1) is 5.39 Å². The maximum absolute atomic E-state index is 12.5. The van der Waals surface area contributed by atoms with Crippen molar-refractivity contribution in [1.82, 2.24) is 9.97 Å². The van der Waals surface area contributed by atoms with E-state index in [1.54, 1.807) is 17.7 Å². The summed E-state index contributed by atoms with van der Waals surface area (Å²) in [6, 6.07) is 18.4. The zero-order chi connectivity index (χ0) is 22.6. The smallest absolute Gasteiger partial charge is 0.226 e. The van der Waals surface area contributed by atoms with Crippen molar-refractivity contribution in [3.05, 3.63) is 65.8 Å². The highest BCUT2D eigenvalue weighted by Crippen LogP contribution is 2.40. The Kier molecular flexibility index (Phi) is 6.21. The summed E-state index contributed by atoms with van der Waals surface area (Å²) in [5.74, 6) is 0.748. The molecule has 0 atom stereocenters. The molecule has 5 rings (SSSR count). The molecule has 33 heavy (non-hydrogen) atoms. The molecule has 0 saturated carbocycles. The molecule has 2 N–H and O–H groups in total. The fourth-order valence-corrected chi connectivity index (χ4v) is 5.39. The lowest BCUT2D eigenvalue weighted by Gasteiger charge is -2.17. The van der Waals surface area contributed by atoms with Gasteiger partial charge in [0.25, 0.3) is 0 Å². The monoisotopic (exact) mass is 457 g/mol. The summed E-state index contributed by atoms with van der Waals surface area (Å²) in [6.45, 7) is 4.83. The fourth-order valence-electron chi connectivity index (χ4n) is 4.38. The highest BCUT2D eigenvalue weighted by molar-refractivity contribution is 7.19. The summed E-state index contributed by atoms with van der Waals surface area (Å²) >= 11 is 1.67. The van der Waals surface area contributed by atoms with E-state index in [-0.39, 0.29) is 5.91 Å². The SMILES string of the molecule is Cc1sc2ncnc(NCCC(=O)Nc3ccc(N4CCCC4)cc3)c2c1-c1ccccc1. The van der Waals surface area contributed by atoms with Crippen LogP contribution in [0.1, 0.15) is 24.1 Å². The number of amides is 1. The highest BCUT2D eigenvalue weighted by Gasteiger charge is 2.17. The van der Waals surface area contributed by atoms with Gasteiger partial charge in [-0.25, -0.2) is 9.97 Å². The molecule has 7 heteroatoms. The third-order valence-corrected chi connectivity index (χ3v) is 7.01. The van der Waals surface area contributed by atoms with Gasteiger partial charge in [0.1, 0.15) is 17.0 Å². The van der Waals surface area contributed by atoms with E-state index in [1.165, 1.54) is 23.4 Å². The maximum atomic E-state index is 12.5. The molecule has 6 nitrogen and oxygen atoms in total. The molecule has 0 unspecified atom stereocenters. The number of hydrogen-bond acceptors (Lipinski definition) is 6. The molecule has 0 spiro atoms. The van der Waals surface area contributed by atoms with Gasteiger partial charge in [-0.3, -0.25) is 4.79 Å². The van der Waals surface area contributed by atoms with E-state index < -0.39 is 0 Å². The van der Waals surface area contributed by atoms with Crippen LogP contribution >= 0.6 is 11.3 Å². The topological polar surface area (TPSA) is 70.1 Å². The molecule has 2 aromatic carbocycles. The number of hydrogen-bond donors (Lipinski definition) is 2. The van der Waals surface area contributed by atoms with E-state index in [4.69, 9.17) is 0 Å². The normalized spacial score (nSPS) is 13.4. The van der Waals surface area contributed by atoms with E-state index in [1.807, 2.05) is 30.3 Å². The fraction of sp³-hybridized carbons (Fsp3) is 0.269. The lowest BCUT2D eigenvalue weighted by atomic mass is 10.0. The Labute approximate surface area is 197 Å². The number of fused-ring (bicyclic) bond motifs is 1. The van der Waals surface area contributed by atoms with Crippen molar-refractivity contribution >= 4 is 44.7 Å². The standard InChI is InChI=1S/C26H27N5OS/c1-18-23(19-7-3-2-4-8-19)24-25(28-17-29-26(24)33-18)27-14-13-22(32)30-20-9-11-21(12-10-20)31-15-5-6-16-31/h2-4,7-12,17H,5-6,13-16H2,1H3,(H,30,32)(H,27,28,29). The van der Waals surface area contributed by atoms with Gasteiger partial charge in [0, 0.05) is 47.9 Å². The molecule has 168 valence electrons. The molecule has 0 bridgehead atoms. The number of thiophene rings is 1. The first kappa shape index (κ1) is 21.4. The number of carbonyl (C=O) groups excluding carboxylic acids is 1. The van der Waals surface area contributed by atoms with E-state index in [2.05, 4.69) is 56.7 Å². The largest absolute Gasteiger partial charge is 0.372 e. The van der Waals surface area contributed by atoms with Crippen LogP contribution < -0.4 is 15.5 Å². The summed E-state index contributed by atoms with van der Waals surface area (Å²) in [5, 5.41) is 7.38. The molecule has 1 amide bonds. The van der Waals surface area contributed by atoms with Gasteiger partial charge in [-0.2, -0.15) is 0 Å². The van der Waals surface area contributed by atoms with Gasteiger partial charge < -0.3 is 15.5 Å². The first-order valence-corrected chi connectivity index (χ1v) is 12.2. The van der Waals surface area contributed by atoms with Crippen molar-refractivity contribution in [2.45, 2.75) is 26.2 Å². The second-order valence-corrected chi connectivity index (χ2v) is 9.47. The van der Waals surface area contributed by atoms with Crippen molar-refractivity contribution in [3.63, 3.8) is 0 Å². The number of anilines is 3. The molecule has 0 radical (unpaired) electrons. The molecule has 1 saturated heterocycles. The molecule has 1 fully saturated rings. The van der Waals surface area contributed by atoms with Crippen LogP contribution in [0.15, 0.2) is 60.9 Å². The van der Waals surface area contributed by atoms with Gasteiger partial charge in [-0.05, 0) is 49.6 Å². The Morgan fingerprint density at radius 2 is 1.79 bits per heavy atom. The minimum atomic E-state index is -0.0218. The quantitative estimate of drug-likeness (QED) is 0.372. The predicted molar refractivity (Wildman–Crippen MR) is 137 cm³/mol. The van der Waals surface area contributed by atoms with Gasteiger partial charge in [0.2, 0.25) is 5.91 Å². The third-order valence-electron chi connectivity index (χ3n) is 5.99. The summed E-state index contributed by atoms with van der Waals surface area (Å²) < 4.78 is 0. The van der Waals surface area contributed by atoms with Crippen LogP contribution in [0.25, 0.3) is 21.3 Å². The molecular formula is C26H27N5OS. The van der Waals surface area contributed by atoms with Crippen molar-refractivity contribution in [3.8, 4) is 11.1 Å². The van der Waals surface area contributed by atoms with E-state index in [9.17, 15) is 4.79 Å². The van der Waals surface area contributed by atoms with Crippen molar-refractivity contribution in [2.75, 3.05) is 35.2 Å². The summed E-state index contributed by atoms with van der Waals surface area (Å²) in [6.07, 6.45) is 4.43. The van der Waals surface area contributed by atoms with Gasteiger partial charge >= 0.3 is 0 Å². The average molecular weight is 458 g/mol. The first-order chi connectivity index (χ1) is 16.2. The number of benzene rings is 2. The Bertz CT molecular complexity index is 1250. The number of aryl methyl sites for hydroxylation is 1. The number of carbonyl (C=O) groups is 1. The first-order valence-electron chi connectivity index (χ1n) is 11.4. The van der Waals surface area contributed by atoms with Crippen LogP contribution in [-0.2, 0) is 4.79 Å². The van der Waals surface area contributed by atoms with Crippen molar-refractivity contribution < 1.29 is 4.79 Å². The minimum Gasteiger partial charge on any atom is -0.372 e. The molecule has 0 aliphatic carbocycles. The maximum Gasteiger partial charge on any atom is 0.226 e. The molecule has 3 heterocycles. The lowest BCUT2D eigenvalue weighted by molar-refractivity contribution is -0.115. The average Bonchev–Trinajstić information content (AvgIpc) is 3.48. The van der Waals surface area contributed by atoms with E-state index >= 15 is 0 Å². The number of aromatic nitrogens is 2. The van der Waals surface area contributed by atoms with E-state index in [0.29, 0.717) is 13.0 Å². The number of nitrogens with zero attached hydrogens (tertiary/aromatic N) is 3. The number of rotatable bonds is 7. The summed E-state index contributed by atoms with van der Waals surface area (Å²) in [5.41, 5.74) is 4.35. The van der Waals surface area contributed by atoms with E-state index in [0.717, 1.165) is 45.9 Å². The molecular weight excluding hydrogens is 430 g/mol. The predicted octanol–water partition coefficient (Wildman–Crippen LogP) is 5.71. The zero-order valence-electron chi connectivity index (χ0n) is 18.7. The van der Waals surface area contributed by atoms with Crippen LogP contribution in [0.5, 0.6) is 0 Å². The Morgan fingerprint density at radius 3 is 2.55 bits per heavy atom. The summed E-state index contributed by atoms with van der Waals surface area (Å²) in [4.78, 5) is 26.0. The van der Waals surface area contributed by atoms with Gasteiger partial charge in [-0.15, -0.1) is 11.3 Å². The molecule has 4 aromatic rings. The Hall–Kier alpha value is -3.45. The third kappa shape index (κ3) is 4.68. The Balaban J connectivity index is 1.23. The molecule has 2 aromatic heterocycles. The van der Waals surface area contributed by atoms with Crippen LogP contribution in [0, 0.1) is 6.92 Å². The molecule has 1 aliphatic heterocycles. The van der Waals surface area contributed by atoms with Crippen molar-refractivity contribution in [1.29, 1.82) is 0 Å². The second-order valence-electron chi connectivity index (χ2n) is 8.27. The van der Waals surface area contributed by atoms with Crippen LogP contribution in [0.4, 0.5) is 17.2 Å². The van der Waals surface area contributed by atoms with Crippen LogP contribution in [0.2, 0.25) is 0 Å². The highest BCUT2D eigenvalue weighted by atomic mass is 32.1. The second kappa shape index (κ2) is 9.58. The van der Waals surface area contributed by atoms with Crippen molar-refractivity contribution in [2.24, 2.45) is 0 Å². The van der Waals surface area contributed by atoms with Gasteiger partial charge in [0.15, 0.2) is 0 Å². The minimum absolute atomic E-state index is 0.0218. The molecule has 1 aliphatic rings.